The van der Waals surface area contributed by atoms with Crippen LogP contribution in [0.4, 0.5) is 0 Å². The van der Waals surface area contributed by atoms with Gasteiger partial charge in [-0.15, -0.1) is 46.4 Å². The van der Waals surface area contributed by atoms with Gasteiger partial charge in [0.25, 0.3) is 23.6 Å². The van der Waals surface area contributed by atoms with Crippen LogP contribution in [0.25, 0.3) is 43.1 Å². The van der Waals surface area contributed by atoms with Gasteiger partial charge < -0.3 is 9.47 Å². The van der Waals surface area contributed by atoms with Gasteiger partial charge in [-0.25, -0.2) is 0 Å². The number of benzene rings is 15. The van der Waals surface area contributed by atoms with Crippen LogP contribution in [0.2, 0.25) is 0 Å². The molecule has 8 nitrogen and oxygen atoms in total. The Kier molecular flexibility index (Phi) is 22.8. The van der Waals surface area contributed by atoms with E-state index in [9.17, 15) is 0 Å². The predicted octanol–water partition coefficient (Wildman–Crippen LogP) is 27.4. The first-order valence-electron chi connectivity index (χ1n) is 40.3. The fraction of sp³-hybridized carbons (Fsp3) is 0.192. The smallest absolute Gasteiger partial charge is 0.261 e. The molecule has 19 rings (SSSR count). The summed E-state index contributed by atoms with van der Waals surface area (Å²) in [5, 5.41) is 5.31. The number of aryl methyl sites for hydroxylation is 2. The molecule has 0 atom stereocenters. The van der Waals surface area contributed by atoms with Crippen molar-refractivity contribution in [3.63, 3.8) is 0 Å². The van der Waals surface area contributed by atoms with Crippen molar-refractivity contribution in [3.05, 3.63) is 403 Å². The van der Waals surface area contributed by atoms with Gasteiger partial charge in [0.2, 0.25) is 0 Å². The molecule has 2 aliphatic carbocycles. The Morgan fingerprint density at radius 3 is 0.741 bits per heavy atom. The number of alkyl halides is 4. The molecule has 0 spiro atoms. The molecule has 0 aromatic heterocycles. The van der Waals surface area contributed by atoms with Crippen molar-refractivity contribution in [2.45, 2.75) is 114 Å². The molecule has 2 heterocycles. The summed E-state index contributed by atoms with van der Waals surface area (Å²) in [5.74, 6) is -0.855. The molecule has 15 aromatic rings. The molecular weight excluding hydrogens is 1510 g/mol. The summed E-state index contributed by atoms with van der Waals surface area (Å²) in [6.07, 6.45) is 8.49. The van der Waals surface area contributed by atoms with Gasteiger partial charge in [-0.1, -0.05) is 329 Å². The van der Waals surface area contributed by atoms with Crippen LogP contribution in [0.1, 0.15) is 207 Å². The summed E-state index contributed by atoms with van der Waals surface area (Å²) < 4.78 is 16.7. The molecule has 2 fully saturated rings. The zero-order valence-electron chi connectivity index (χ0n) is 64.7. The quantitative estimate of drug-likeness (QED) is 0.0279. The van der Waals surface area contributed by atoms with Gasteiger partial charge >= 0.3 is 0 Å². The molecule has 0 bridgehead atoms. The number of rotatable bonds is 18. The molecule has 0 saturated heterocycles. The van der Waals surface area contributed by atoms with Crippen molar-refractivity contribution >= 4 is 113 Å². The molecular formula is C104H86Cl4N2O6. The molecule has 0 N–H and O–H groups in total. The number of amides is 4. The summed E-state index contributed by atoms with van der Waals surface area (Å²) in [7, 11) is 0. The monoisotopic (exact) mass is 1600 g/mol. The molecule has 0 radical (unpaired) electrons. The summed E-state index contributed by atoms with van der Waals surface area (Å²) in [4.78, 5) is 68.2. The van der Waals surface area contributed by atoms with Crippen molar-refractivity contribution in [2.75, 3.05) is 10.7 Å². The third-order valence-corrected chi connectivity index (χ3v) is 24.0. The molecule has 15 aromatic carbocycles. The molecule has 2 aliphatic heterocycles. The van der Waals surface area contributed by atoms with E-state index < -0.39 is 0 Å². The van der Waals surface area contributed by atoms with Crippen LogP contribution in [-0.4, -0.2) is 56.2 Å². The van der Waals surface area contributed by atoms with E-state index in [0.717, 1.165) is 116 Å². The van der Waals surface area contributed by atoms with Crippen LogP contribution < -0.4 is 9.47 Å². The number of fused-ring (bicyclic) bond motifs is 2. The Labute approximate surface area is 697 Å². The normalized spacial score (nSPS) is 14.5. The van der Waals surface area contributed by atoms with Crippen molar-refractivity contribution in [3.8, 4) is 23.0 Å². The average molecular weight is 1600 g/mol. The maximum atomic E-state index is 16.5. The van der Waals surface area contributed by atoms with E-state index >= 15 is 19.2 Å². The Morgan fingerprint density at radius 2 is 0.509 bits per heavy atom. The second kappa shape index (κ2) is 34.2. The lowest BCUT2D eigenvalue weighted by Crippen LogP contribution is -2.48. The molecule has 4 amide bonds. The number of hydrogen-bond acceptors (Lipinski definition) is 6. The van der Waals surface area contributed by atoms with Crippen molar-refractivity contribution < 1.29 is 28.7 Å². The highest BCUT2D eigenvalue weighted by atomic mass is 35.5. The third kappa shape index (κ3) is 14.5. The molecule has 4 aliphatic rings. The Morgan fingerprint density at radius 1 is 0.284 bits per heavy atom. The molecule has 116 heavy (non-hydrogen) atoms. The van der Waals surface area contributed by atoms with Crippen LogP contribution in [-0.2, 0) is 0 Å². The van der Waals surface area contributed by atoms with Gasteiger partial charge in [0, 0.05) is 101 Å². The second-order valence-corrected chi connectivity index (χ2v) is 32.5. The Balaban J connectivity index is 0.00000157. The molecule has 2 saturated carbocycles. The van der Waals surface area contributed by atoms with Crippen LogP contribution in [0, 0.1) is 13.8 Å². The SMILES string of the molecule is Cc1cc(C(c2ccccc2)c2ccccc2)c(Oc2cc3c4c(ccc5c6c(Oc7c(C(c8ccccc8)c8ccccc8)cc(C)cc7C(c7ccccc7)c7ccccc7)cc7c8c(ccc(c2c45)c86)C(=O)N(C2CCCCC2)C7=O)C(=O)N(C2CCCCC2)C3=O)c(C(c2ccccc2)c2ccccc2)c1.ClCCl.ClCCl. The highest BCUT2D eigenvalue weighted by Crippen LogP contribution is 2.57. The van der Waals surface area contributed by atoms with E-state index in [-0.39, 0.29) is 70.1 Å². The van der Waals surface area contributed by atoms with Gasteiger partial charge in [0.1, 0.15) is 23.0 Å². The zero-order chi connectivity index (χ0) is 79.5. The average Bonchev–Trinajstić information content (AvgIpc) is 0.677. The van der Waals surface area contributed by atoms with Gasteiger partial charge in [-0.3, -0.25) is 29.0 Å². The van der Waals surface area contributed by atoms with Crippen molar-refractivity contribution in [1.29, 1.82) is 0 Å². The van der Waals surface area contributed by atoms with Crippen molar-refractivity contribution in [2.24, 2.45) is 0 Å². The minimum Gasteiger partial charge on any atom is -0.456 e. The van der Waals surface area contributed by atoms with Gasteiger partial charge in [-0.2, -0.15) is 0 Å². The second-order valence-electron chi connectivity index (χ2n) is 30.9. The summed E-state index contributed by atoms with van der Waals surface area (Å²) in [5.41, 5.74) is 15.8. The first kappa shape index (κ1) is 77.2. The number of hydrogen-bond donors (Lipinski definition) is 0. The lowest BCUT2D eigenvalue weighted by molar-refractivity contribution is 0.0487. The van der Waals surface area contributed by atoms with Gasteiger partial charge in [0.05, 0.1) is 21.8 Å². The number of carbonyl (C=O) groups excluding carboxylic acids is 4. The fourth-order valence-electron chi connectivity index (χ4n) is 19.3. The maximum absolute atomic E-state index is 16.5. The number of imide groups is 2. The van der Waals surface area contributed by atoms with Gasteiger partial charge in [0.15, 0.2) is 0 Å². The largest absolute Gasteiger partial charge is 0.456 e. The highest BCUT2D eigenvalue weighted by Gasteiger charge is 2.44. The zero-order valence-corrected chi connectivity index (χ0v) is 67.7. The summed E-state index contributed by atoms with van der Waals surface area (Å²) in [6.45, 7) is 4.32. The van der Waals surface area contributed by atoms with E-state index in [4.69, 9.17) is 55.9 Å². The standard InChI is InChI=1S/C102H82N2O6.2CH2Cl2/c1-63-57-79(87(65-33-13-3-14-34-65)66-35-15-4-16-36-66)97(80(58-63)88(67-37-17-5-18-38-67)68-39-19-6-20-40-68)109-85-61-83-91-77(99(105)103(101(83)107)73-49-29-11-30-50-73)56-54-76-94-86(62-84-92-78(55-53-75(96(92)94)93(85)95(76)91)100(106)104(102(84)108)74-51-31-12-32-52-74)110-98-81(89(69-41-21-7-22-42-69)70-43-23-8-24-44-70)59-64(2)60-82(98)90(71-45-25-9-26-46-71)72-47-27-10-28-48-72;2*2-1-3/h3-10,13-28,33-48,53-62,73-74,87-90H,11-12,29-32,49-52H2,1-2H3;2*1H2. The minimum absolute atomic E-state index is 0.194. The first-order valence-corrected chi connectivity index (χ1v) is 42.4. The van der Waals surface area contributed by atoms with Crippen molar-refractivity contribution in [1.82, 2.24) is 9.80 Å². The van der Waals surface area contributed by atoms with E-state index in [1.165, 1.54) is 0 Å². The number of carbonyl (C=O) groups is 4. The minimum atomic E-state index is -0.369. The molecule has 0 unspecified atom stereocenters. The topological polar surface area (TPSA) is 93.2 Å². The van der Waals surface area contributed by atoms with E-state index in [2.05, 4.69) is 281 Å². The lowest BCUT2D eigenvalue weighted by Gasteiger charge is -2.37. The van der Waals surface area contributed by atoms with Crippen LogP contribution in [0.3, 0.4) is 0 Å². The Hall–Kier alpha value is -11.4. The maximum Gasteiger partial charge on any atom is 0.261 e. The summed E-state index contributed by atoms with van der Waals surface area (Å²) >= 11 is 19.1. The van der Waals surface area contributed by atoms with Crippen LogP contribution >= 0.6 is 46.4 Å². The lowest BCUT2D eigenvalue weighted by atomic mass is 9.78. The predicted molar refractivity (Wildman–Crippen MR) is 473 cm³/mol. The van der Waals surface area contributed by atoms with Gasteiger partial charge in [-0.05, 0) is 119 Å². The van der Waals surface area contributed by atoms with E-state index in [1.807, 2.05) is 36.4 Å². The molecule has 12 heteroatoms. The number of ether oxygens (including phenoxy) is 2. The van der Waals surface area contributed by atoms with Crippen LogP contribution in [0.15, 0.2) is 303 Å². The highest BCUT2D eigenvalue weighted by molar-refractivity contribution is 6.43. The first-order chi connectivity index (χ1) is 57.0. The Bertz CT molecular complexity index is 5370. The number of halogens is 4. The number of nitrogens with zero attached hydrogens (tertiary/aromatic N) is 2. The third-order valence-electron chi connectivity index (χ3n) is 24.0. The summed E-state index contributed by atoms with van der Waals surface area (Å²) in [6, 6.07) is 105. The van der Waals surface area contributed by atoms with E-state index in [0.29, 0.717) is 114 Å². The fourth-order valence-corrected chi connectivity index (χ4v) is 19.3. The van der Waals surface area contributed by atoms with Crippen LogP contribution in [0.5, 0.6) is 23.0 Å². The van der Waals surface area contributed by atoms with E-state index in [1.54, 1.807) is 9.80 Å². The molecule has 576 valence electrons.